The summed E-state index contributed by atoms with van der Waals surface area (Å²) in [7, 11) is 1.39. The van der Waals surface area contributed by atoms with Crippen molar-refractivity contribution < 1.29 is 13.5 Å². The smallest absolute Gasteiger partial charge is 0.200 e. The molecular weight excluding hydrogens is 210 g/mol. The van der Waals surface area contributed by atoms with Gasteiger partial charge in [0, 0.05) is 5.56 Å². The summed E-state index contributed by atoms with van der Waals surface area (Å²) in [6, 6.07) is 2.86. The molecule has 1 fully saturated rings. The van der Waals surface area contributed by atoms with E-state index in [1.807, 2.05) is 0 Å². The maximum atomic E-state index is 13.5. The van der Waals surface area contributed by atoms with Crippen LogP contribution in [0.4, 0.5) is 8.78 Å². The first kappa shape index (κ1) is 11.4. The molecule has 1 aliphatic rings. The van der Waals surface area contributed by atoms with Crippen LogP contribution in [0.5, 0.6) is 5.75 Å². The quantitative estimate of drug-likeness (QED) is 0.740. The molecule has 3 heteroatoms. The maximum Gasteiger partial charge on any atom is 0.200 e. The van der Waals surface area contributed by atoms with Crippen molar-refractivity contribution in [2.45, 2.75) is 38.0 Å². The highest BCUT2D eigenvalue weighted by atomic mass is 19.2. The number of hydrogen-bond donors (Lipinski definition) is 0. The van der Waals surface area contributed by atoms with Crippen molar-refractivity contribution >= 4 is 0 Å². The van der Waals surface area contributed by atoms with Crippen LogP contribution in [0.15, 0.2) is 12.1 Å². The van der Waals surface area contributed by atoms with Gasteiger partial charge in [0.25, 0.3) is 0 Å². The lowest BCUT2D eigenvalue weighted by atomic mass is 9.83. The molecule has 0 unspecified atom stereocenters. The van der Waals surface area contributed by atoms with Gasteiger partial charge in [-0.3, -0.25) is 0 Å². The largest absolute Gasteiger partial charge is 0.493 e. The van der Waals surface area contributed by atoms with Crippen LogP contribution in [0.3, 0.4) is 0 Å². The Morgan fingerprint density at radius 3 is 2.44 bits per heavy atom. The molecule has 16 heavy (non-hydrogen) atoms. The van der Waals surface area contributed by atoms with Crippen molar-refractivity contribution in [3.05, 3.63) is 29.3 Å². The van der Waals surface area contributed by atoms with Gasteiger partial charge in [0.05, 0.1) is 7.11 Å². The number of benzene rings is 1. The molecule has 1 aliphatic carbocycles. The summed E-state index contributed by atoms with van der Waals surface area (Å²) in [4.78, 5) is 0. The molecule has 0 N–H and O–H groups in total. The van der Waals surface area contributed by atoms with Gasteiger partial charge in [0.1, 0.15) is 0 Å². The molecule has 0 atom stereocenters. The summed E-state index contributed by atoms with van der Waals surface area (Å²) in [6.07, 6.45) is 5.64. The van der Waals surface area contributed by atoms with Crippen molar-refractivity contribution in [2.24, 2.45) is 0 Å². The van der Waals surface area contributed by atoms with Crippen LogP contribution < -0.4 is 4.74 Å². The minimum atomic E-state index is -0.856. The molecule has 2 rings (SSSR count). The van der Waals surface area contributed by atoms with Gasteiger partial charge in [-0.1, -0.05) is 25.3 Å². The summed E-state index contributed by atoms with van der Waals surface area (Å²) < 4.78 is 31.6. The van der Waals surface area contributed by atoms with Crippen molar-refractivity contribution in [1.82, 2.24) is 0 Å². The van der Waals surface area contributed by atoms with Crippen LogP contribution in [0.25, 0.3) is 0 Å². The number of methoxy groups -OCH3 is 1. The first-order valence-electron chi connectivity index (χ1n) is 5.76. The molecule has 0 aliphatic heterocycles. The monoisotopic (exact) mass is 226 g/mol. The number of hydrogen-bond acceptors (Lipinski definition) is 1. The lowest BCUT2D eigenvalue weighted by Gasteiger charge is -2.23. The van der Waals surface area contributed by atoms with E-state index in [4.69, 9.17) is 4.74 Å². The Morgan fingerprint density at radius 1 is 1.12 bits per heavy atom. The lowest BCUT2D eigenvalue weighted by Crippen LogP contribution is -2.08. The van der Waals surface area contributed by atoms with E-state index in [9.17, 15) is 8.78 Å². The zero-order valence-corrected chi connectivity index (χ0v) is 9.43. The Balaban J connectivity index is 2.35. The van der Waals surface area contributed by atoms with E-state index >= 15 is 0 Å². The van der Waals surface area contributed by atoms with E-state index in [0.29, 0.717) is 5.92 Å². The maximum absolute atomic E-state index is 13.5. The van der Waals surface area contributed by atoms with Crippen LogP contribution in [0, 0.1) is 11.6 Å². The topological polar surface area (TPSA) is 9.23 Å². The van der Waals surface area contributed by atoms with Crippen LogP contribution in [0.1, 0.15) is 43.6 Å². The summed E-state index contributed by atoms with van der Waals surface area (Å²) in [5, 5.41) is 0. The summed E-state index contributed by atoms with van der Waals surface area (Å²) in [6.45, 7) is 0. The van der Waals surface area contributed by atoms with Gasteiger partial charge in [-0.2, -0.15) is 4.39 Å². The fourth-order valence-electron chi connectivity index (χ4n) is 2.49. The van der Waals surface area contributed by atoms with Gasteiger partial charge >= 0.3 is 0 Å². The Bertz CT molecular complexity index is 370. The summed E-state index contributed by atoms with van der Waals surface area (Å²) in [5.41, 5.74) is 0.820. The number of ether oxygens (including phenoxy) is 1. The van der Waals surface area contributed by atoms with Crippen molar-refractivity contribution in [3.63, 3.8) is 0 Å². The highest BCUT2D eigenvalue weighted by Gasteiger charge is 2.22. The number of halogens is 2. The molecular formula is C13H16F2O. The molecule has 1 aromatic rings. The van der Waals surface area contributed by atoms with E-state index in [0.717, 1.165) is 31.2 Å². The molecule has 0 amide bonds. The SMILES string of the molecule is COc1c(C2CCCCC2)ccc(F)c1F. The molecule has 1 aromatic carbocycles. The Kier molecular flexibility index (Phi) is 3.42. The molecule has 0 radical (unpaired) electrons. The van der Waals surface area contributed by atoms with Gasteiger partial charge in [0.15, 0.2) is 11.6 Å². The highest BCUT2D eigenvalue weighted by molar-refractivity contribution is 5.38. The van der Waals surface area contributed by atoms with E-state index in [2.05, 4.69) is 0 Å². The van der Waals surface area contributed by atoms with Crippen LogP contribution in [0.2, 0.25) is 0 Å². The standard InChI is InChI=1S/C13H16F2O/c1-16-13-10(7-8-11(14)12(13)15)9-5-3-2-4-6-9/h7-9H,2-6H2,1H3. The predicted octanol–water partition coefficient (Wildman–Crippen LogP) is 4.02. The molecule has 0 saturated heterocycles. The minimum Gasteiger partial charge on any atom is -0.493 e. The Labute approximate surface area is 94.4 Å². The first-order valence-corrected chi connectivity index (χ1v) is 5.76. The fourth-order valence-corrected chi connectivity index (χ4v) is 2.49. The molecule has 0 heterocycles. The zero-order valence-electron chi connectivity index (χ0n) is 9.43. The van der Waals surface area contributed by atoms with E-state index in [1.165, 1.54) is 19.6 Å². The predicted molar refractivity (Wildman–Crippen MR) is 58.7 cm³/mol. The molecule has 1 saturated carbocycles. The van der Waals surface area contributed by atoms with Crippen molar-refractivity contribution in [1.29, 1.82) is 0 Å². The molecule has 0 spiro atoms. The van der Waals surface area contributed by atoms with E-state index < -0.39 is 11.6 Å². The second kappa shape index (κ2) is 4.81. The Hall–Kier alpha value is -1.12. The minimum absolute atomic E-state index is 0.0897. The van der Waals surface area contributed by atoms with Gasteiger partial charge < -0.3 is 4.74 Å². The second-order valence-electron chi connectivity index (χ2n) is 4.32. The fraction of sp³-hybridized carbons (Fsp3) is 0.538. The molecule has 1 nitrogen and oxygen atoms in total. The number of rotatable bonds is 2. The lowest BCUT2D eigenvalue weighted by molar-refractivity contribution is 0.353. The van der Waals surface area contributed by atoms with Gasteiger partial charge in [-0.15, -0.1) is 0 Å². The normalized spacial score (nSPS) is 17.4. The Morgan fingerprint density at radius 2 is 1.81 bits per heavy atom. The van der Waals surface area contributed by atoms with Crippen molar-refractivity contribution in [2.75, 3.05) is 7.11 Å². The molecule has 0 aromatic heterocycles. The van der Waals surface area contributed by atoms with Crippen LogP contribution in [-0.4, -0.2) is 7.11 Å². The van der Waals surface area contributed by atoms with Gasteiger partial charge in [0.2, 0.25) is 5.82 Å². The van der Waals surface area contributed by atoms with E-state index in [-0.39, 0.29) is 5.75 Å². The highest BCUT2D eigenvalue weighted by Crippen LogP contribution is 2.38. The third-order valence-electron chi connectivity index (χ3n) is 3.33. The zero-order chi connectivity index (χ0) is 11.5. The average molecular weight is 226 g/mol. The average Bonchev–Trinajstić information content (AvgIpc) is 2.33. The third-order valence-corrected chi connectivity index (χ3v) is 3.33. The first-order chi connectivity index (χ1) is 7.74. The molecule has 0 bridgehead atoms. The van der Waals surface area contributed by atoms with Crippen molar-refractivity contribution in [3.8, 4) is 5.75 Å². The van der Waals surface area contributed by atoms with Crippen LogP contribution >= 0.6 is 0 Å². The van der Waals surface area contributed by atoms with Gasteiger partial charge in [-0.05, 0) is 24.8 Å². The van der Waals surface area contributed by atoms with Crippen LogP contribution in [-0.2, 0) is 0 Å². The summed E-state index contributed by atoms with van der Waals surface area (Å²) >= 11 is 0. The van der Waals surface area contributed by atoms with E-state index in [1.54, 1.807) is 6.07 Å². The molecule has 88 valence electrons. The van der Waals surface area contributed by atoms with Gasteiger partial charge in [-0.25, -0.2) is 4.39 Å². The third kappa shape index (κ3) is 2.04. The summed E-state index contributed by atoms with van der Waals surface area (Å²) in [5.74, 6) is -1.28. The second-order valence-corrected chi connectivity index (χ2v) is 4.32.